The van der Waals surface area contributed by atoms with Crippen LogP contribution in [0.2, 0.25) is 0 Å². The van der Waals surface area contributed by atoms with Crippen molar-refractivity contribution in [1.29, 1.82) is 0 Å². The molecule has 7 heteroatoms. The molecule has 4 N–H and O–H groups in total. The number of aromatic nitrogens is 2. The van der Waals surface area contributed by atoms with Crippen LogP contribution in [-0.2, 0) is 17.8 Å². The second-order valence-corrected chi connectivity index (χ2v) is 6.80. The molecule has 0 bridgehead atoms. The standard InChI is InChI=1S/C23H21N5O2/c29-22(12-16-13-25-21-9-5-4-8-20(16)21)26-14-18-10-11-19(15-24-18)28-23(30)27-17-6-2-1-3-7-17/h1-11,13,15,25H,12,14H2,(H,26,29)(H2,27,28,30). The zero-order chi connectivity index (χ0) is 20.8. The lowest BCUT2D eigenvalue weighted by atomic mass is 10.1. The van der Waals surface area contributed by atoms with E-state index >= 15 is 0 Å². The lowest BCUT2D eigenvalue weighted by molar-refractivity contribution is -0.120. The minimum atomic E-state index is -0.345. The molecule has 0 spiro atoms. The van der Waals surface area contributed by atoms with Gasteiger partial charge >= 0.3 is 6.03 Å². The highest BCUT2D eigenvalue weighted by molar-refractivity contribution is 5.99. The molecule has 30 heavy (non-hydrogen) atoms. The van der Waals surface area contributed by atoms with E-state index in [-0.39, 0.29) is 11.9 Å². The number of hydrogen-bond donors (Lipinski definition) is 4. The number of urea groups is 1. The van der Waals surface area contributed by atoms with E-state index in [0.29, 0.717) is 30.0 Å². The van der Waals surface area contributed by atoms with Crippen molar-refractivity contribution < 1.29 is 9.59 Å². The molecule has 0 radical (unpaired) electrons. The number of amides is 3. The zero-order valence-corrected chi connectivity index (χ0v) is 16.2. The maximum Gasteiger partial charge on any atom is 0.323 e. The molecule has 0 atom stereocenters. The number of pyridine rings is 1. The molecule has 0 aliphatic carbocycles. The van der Waals surface area contributed by atoms with Crippen molar-refractivity contribution in [3.63, 3.8) is 0 Å². The lowest BCUT2D eigenvalue weighted by Crippen LogP contribution is -2.25. The van der Waals surface area contributed by atoms with Crippen molar-refractivity contribution in [2.24, 2.45) is 0 Å². The first-order chi connectivity index (χ1) is 14.7. The first-order valence-electron chi connectivity index (χ1n) is 9.57. The number of benzene rings is 2. The van der Waals surface area contributed by atoms with Crippen molar-refractivity contribution in [2.45, 2.75) is 13.0 Å². The van der Waals surface area contributed by atoms with Gasteiger partial charge in [-0.05, 0) is 35.9 Å². The highest BCUT2D eigenvalue weighted by atomic mass is 16.2. The molecule has 3 amide bonds. The normalized spacial score (nSPS) is 10.5. The van der Waals surface area contributed by atoms with Gasteiger partial charge in [-0.15, -0.1) is 0 Å². The van der Waals surface area contributed by atoms with Gasteiger partial charge in [0.1, 0.15) is 0 Å². The molecule has 2 heterocycles. The Morgan fingerprint density at radius 3 is 2.43 bits per heavy atom. The molecule has 0 saturated heterocycles. The molecule has 150 valence electrons. The second kappa shape index (κ2) is 8.91. The summed E-state index contributed by atoms with van der Waals surface area (Å²) in [6.45, 7) is 0.317. The Bertz CT molecular complexity index is 1150. The molecule has 0 aliphatic rings. The Kier molecular flexibility index (Phi) is 5.70. The van der Waals surface area contributed by atoms with Crippen LogP contribution in [0.1, 0.15) is 11.3 Å². The van der Waals surface area contributed by atoms with Crippen molar-refractivity contribution in [3.05, 3.63) is 90.4 Å². The lowest BCUT2D eigenvalue weighted by Gasteiger charge is -2.08. The summed E-state index contributed by atoms with van der Waals surface area (Å²) in [5.41, 5.74) is 3.95. The van der Waals surface area contributed by atoms with Gasteiger partial charge < -0.3 is 20.9 Å². The van der Waals surface area contributed by atoms with E-state index in [1.807, 2.05) is 48.7 Å². The highest BCUT2D eigenvalue weighted by Crippen LogP contribution is 2.18. The molecule has 0 unspecified atom stereocenters. The van der Waals surface area contributed by atoms with Crippen molar-refractivity contribution >= 4 is 34.2 Å². The number of carbonyl (C=O) groups is 2. The van der Waals surface area contributed by atoms with Crippen LogP contribution in [-0.4, -0.2) is 21.9 Å². The van der Waals surface area contributed by atoms with Crippen molar-refractivity contribution in [1.82, 2.24) is 15.3 Å². The van der Waals surface area contributed by atoms with Gasteiger partial charge in [0, 0.05) is 22.8 Å². The molecule has 0 saturated carbocycles. The van der Waals surface area contributed by atoms with Gasteiger partial charge in [-0.25, -0.2) is 4.79 Å². The molecule has 2 aromatic heterocycles. The molecule has 4 rings (SSSR count). The zero-order valence-electron chi connectivity index (χ0n) is 16.2. The molecule has 2 aromatic carbocycles. The van der Waals surface area contributed by atoms with E-state index in [0.717, 1.165) is 16.5 Å². The van der Waals surface area contributed by atoms with Crippen LogP contribution in [0.5, 0.6) is 0 Å². The number of anilines is 2. The largest absolute Gasteiger partial charge is 0.361 e. The number of hydrogen-bond acceptors (Lipinski definition) is 3. The summed E-state index contributed by atoms with van der Waals surface area (Å²) in [4.78, 5) is 31.8. The predicted molar refractivity (Wildman–Crippen MR) is 117 cm³/mol. The number of para-hydroxylation sites is 2. The molecule has 0 fully saturated rings. The van der Waals surface area contributed by atoms with Crippen LogP contribution in [0.15, 0.2) is 79.1 Å². The summed E-state index contributed by atoms with van der Waals surface area (Å²) < 4.78 is 0. The first kappa shape index (κ1) is 19.2. The third kappa shape index (κ3) is 4.82. The van der Waals surface area contributed by atoms with Gasteiger partial charge in [0.15, 0.2) is 0 Å². The predicted octanol–water partition coefficient (Wildman–Crippen LogP) is 4.07. The number of aromatic amines is 1. The van der Waals surface area contributed by atoms with E-state index < -0.39 is 0 Å². The minimum Gasteiger partial charge on any atom is -0.361 e. The third-order valence-corrected chi connectivity index (χ3v) is 4.61. The third-order valence-electron chi connectivity index (χ3n) is 4.61. The summed E-state index contributed by atoms with van der Waals surface area (Å²) in [5, 5.41) is 9.40. The van der Waals surface area contributed by atoms with E-state index in [9.17, 15) is 9.59 Å². The van der Waals surface area contributed by atoms with Crippen LogP contribution < -0.4 is 16.0 Å². The fourth-order valence-corrected chi connectivity index (χ4v) is 3.12. The summed E-state index contributed by atoms with van der Waals surface area (Å²) in [7, 11) is 0. The molecular formula is C23H21N5O2. The van der Waals surface area contributed by atoms with Crippen LogP contribution in [0.25, 0.3) is 10.9 Å². The number of nitrogens with one attached hydrogen (secondary N) is 4. The second-order valence-electron chi connectivity index (χ2n) is 6.80. The van der Waals surface area contributed by atoms with Gasteiger partial charge in [-0.3, -0.25) is 9.78 Å². The topological polar surface area (TPSA) is 98.9 Å². The van der Waals surface area contributed by atoms with Gasteiger partial charge in [0.05, 0.1) is 30.5 Å². The van der Waals surface area contributed by atoms with E-state index in [1.54, 1.807) is 30.5 Å². The molecule has 4 aromatic rings. The number of carbonyl (C=O) groups excluding carboxylic acids is 2. The van der Waals surface area contributed by atoms with Crippen molar-refractivity contribution in [3.8, 4) is 0 Å². The molecular weight excluding hydrogens is 378 g/mol. The number of fused-ring (bicyclic) bond motifs is 1. The number of rotatable bonds is 6. The van der Waals surface area contributed by atoms with Crippen LogP contribution in [0.4, 0.5) is 16.2 Å². The Hall–Kier alpha value is -4.13. The Morgan fingerprint density at radius 1 is 0.867 bits per heavy atom. The van der Waals surface area contributed by atoms with Gasteiger partial charge in [-0.2, -0.15) is 0 Å². The van der Waals surface area contributed by atoms with E-state index in [2.05, 4.69) is 25.9 Å². The van der Waals surface area contributed by atoms with E-state index in [4.69, 9.17) is 0 Å². The summed E-state index contributed by atoms with van der Waals surface area (Å²) in [6.07, 6.45) is 3.72. The minimum absolute atomic E-state index is 0.0778. The van der Waals surface area contributed by atoms with Crippen LogP contribution in [0.3, 0.4) is 0 Å². The molecule has 0 aliphatic heterocycles. The highest BCUT2D eigenvalue weighted by Gasteiger charge is 2.09. The summed E-state index contributed by atoms with van der Waals surface area (Å²) in [6, 6.07) is 20.2. The SMILES string of the molecule is O=C(Cc1c[nH]c2ccccc12)NCc1ccc(NC(=O)Nc2ccccc2)cn1. The van der Waals surface area contributed by atoms with Crippen molar-refractivity contribution in [2.75, 3.05) is 10.6 Å². The summed E-state index contributed by atoms with van der Waals surface area (Å²) >= 11 is 0. The average molecular weight is 399 g/mol. The number of nitrogens with zero attached hydrogens (tertiary/aromatic N) is 1. The van der Waals surface area contributed by atoms with E-state index in [1.165, 1.54) is 0 Å². The van der Waals surface area contributed by atoms with Gasteiger partial charge in [-0.1, -0.05) is 36.4 Å². The number of H-pyrrole nitrogens is 1. The smallest absolute Gasteiger partial charge is 0.323 e. The van der Waals surface area contributed by atoms with Gasteiger partial charge in [0.2, 0.25) is 5.91 Å². The monoisotopic (exact) mass is 399 g/mol. The fraction of sp³-hybridized carbons (Fsp3) is 0.0870. The Labute approximate surface area is 173 Å². The Morgan fingerprint density at radius 2 is 1.63 bits per heavy atom. The van der Waals surface area contributed by atoms with Crippen LogP contribution in [0, 0.1) is 0 Å². The quantitative estimate of drug-likeness (QED) is 0.393. The average Bonchev–Trinajstić information content (AvgIpc) is 3.17. The Balaban J connectivity index is 1.27. The maximum absolute atomic E-state index is 12.3. The summed E-state index contributed by atoms with van der Waals surface area (Å²) in [5.74, 6) is -0.0778. The molecule has 7 nitrogen and oxygen atoms in total. The van der Waals surface area contributed by atoms with Crippen LogP contribution >= 0.6 is 0 Å². The van der Waals surface area contributed by atoms with Gasteiger partial charge in [0.25, 0.3) is 0 Å². The first-order valence-corrected chi connectivity index (χ1v) is 9.57. The maximum atomic E-state index is 12.3. The fourth-order valence-electron chi connectivity index (χ4n) is 3.12.